The number of pyridine rings is 1. The highest BCUT2D eigenvalue weighted by molar-refractivity contribution is 5.61. The third-order valence-electron chi connectivity index (χ3n) is 2.27. The number of rotatable bonds is 1. The molecule has 0 bridgehead atoms. The van der Waals surface area contributed by atoms with Crippen LogP contribution in [0.4, 0.5) is 5.69 Å². The maximum Gasteiger partial charge on any atom is 0.141 e. The van der Waals surface area contributed by atoms with Crippen LogP contribution in [0.3, 0.4) is 0 Å². The summed E-state index contributed by atoms with van der Waals surface area (Å²) < 4.78 is 5.54. The smallest absolute Gasteiger partial charge is 0.141 e. The van der Waals surface area contributed by atoms with Crippen molar-refractivity contribution < 1.29 is 4.74 Å². The van der Waals surface area contributed by atoms with Crippen LogP contribution >= 0.6 is 0 Å². The van der Waals surface area contributed by atoms with Crippen LogP contribution in [0.15, 0.2) is 18.3 Å². The number of allylic oxidation sites excluding steroid dienone is 1. The number of hydrogen-bond acceptors (Lipinski definition) is 3. The molecular weight excluding hydrogens is 176 g/mol. The first kappa shape index (κ1) is 9.06. The molecule has 0 amide bonds. The molecule has 0 saturated carbocycles. The zero-order valence-electron chi connectivity index (χ0n) is 8.29. The average molecular weight is 190 g/mol. The normalized spacial score (nSPS) is 15.9. The van der Waals surface area contributed by atoms with Gasteiger partial charge in [0.05, 0.1) is 18.5 Å². The largest absolute Gasteiger partial charge is 0.492 e. The molecule has 0 atom stereocenters. The van der Waals surface area contributed by atoms with Gasteiger partial charge in [-0.15, -0.1) is 0 Å². The Labute approximate surface area is 83.6 Å². The summed E-state index contributed by atoms with van der Waals surface area (Å²) >= 11 is 0. The summed E-state index contributed by atoms with van der Waals surface area (Å²) in [7, 11) is 0. The van der Waals surface area contributed by atoms with Crippen molar-refractivity contribution in [1.82, 2.24) is 4.98 Å². The molecule has 2 heterocycles. The maximum absolute atomic E-state index is 5.63. The van der Waals surface area contributed by atoms with Gasteiger partial charge in [0.2, 0.25) is 0 Å². The molecule has 0 unspecified atom stereocenters. The molecule has 14 heavy (non-hydrogen) atoms. The van der Waals surface area contributed by atoms with Gasteiger partial charge in [-0.25, -0.2) is 0 Å². The van der Waals surface area contributed by atoms with Gasteiger partial charge in [0.25, 0.3) is 0 Å². The van der Waals surface area contributed by atoms with Gasteiger partial charge in [0.1, 0.15) is 11.5 Å². The summed E-state index contributed by atoms with van der Waals surface area (Å²) in [6, 6.07) is 1.92. The average Bonchev–Trinajstić information content (AvgIpc) is 2.19. The van der Waals surface area contributed by atoms with E-state index in [1.54, 1.807) is 6.20 Å². The molecule has 0 aliphatic carbocycles. The predicted molar refractivity (Wildman–Crippen MR) is 56.5 cm³/mol. The van der Waals surface area contributed by atoms with Crippen molar-refractivity contribution in [3.8, 4) is 0 Å². The lowest BCUT2D eigenvalue weighted by Gasteiger charge is -2.15. The van der Waals surface area contributed by atoms with Crippen molar-refractivity contribution in [2.24, 2.45) is 0 Å². The molecule has 0 saturated heterocycles. The van der Waals surface area contributed by atoms with Crippen molar-refractivity contribution in [2.45, 2.75) is 19.8 Å². The Bertz CT molecular complexity index is 372. The third kappa shape index (κ3) is 1.71. The molecule has 3 nitrogen and oxygen atoms in total. The molecule has 0 spiro atoms. The summed E-state index contributed by atoms with van der Waals surface area (Å²) in [5.41, 5.74) is 8.31. The van der Waals surface area contributed by atoms with E-state index in [-0.39, 0.29) is 0 Å². The number of nitrogens with zero attached hydrogens (tertiary/aromatic N) is 1. The monoisotopic (exact) mass is 190 g/mol. The first-order chi connectivity index (χ1) is 6.77. The first-order valence-corrected chi connectivity index (χ1v) is 4.83. The summed E-state index contributed by atoms with van der Waals surface area (Å²) in [4.78, 5) is 4.28. The number of ether oxygens (including phenoxy) is 1. The van der Waals surface area contributed by atoms with Gasteiger partial charge >= 0.3 is 0 Å². The van der Waals surface area contributed by atoms with Crippen LogP contribution in [-0.4, -0.2) is 11.6 Å². The Kier molecular flexibility index (Phi) is 2.39. The molecule has 2 rings (SSSR count). The molecule has 2 N–H and O–H groups in total. The highest BCUT2D eigenvalue weighted by atomic mass is 16.5. The fraction of sp³-hybridized carbons (Fsp3) is 0.364. The maximum atomic E-state index is 5.63. The Balaban J connectivity index is 2.35. The lowest BCUT2D eigenvalue weighted by atomic mass is 10.1. The van der Waals surface area contributed by atoms with Gasteiger partial charge in [-0.1, -0.05) is 0 Å². The van der Waals surface area contributed by atoms with Crippen LogP contribution < -0.4 is 5.73 Å². The molecular formula is C11H14N2O. The second kappa shape index (κ2) is 3.70. The molecule has 0 radical (unpaired) electrons. The van der Waals surface area contributed by atoms with Crippen molar-refractivity contribution >= 4 is 11.4 Å². The molecule has 0 aromatic carbocycles. The van der Waals surface area contributed by atoms with Crippen molar-refractivity contribution in [3.63, 3.8) is 0 Å². The molecule has 1 aromatic heterocycles. The topological polar surface area (TPSA) is 48.1 Å². The van der Waals surface area contributed by atoms with E-state index in [1.807, 2.05) is 13.0 Å². The summed E-state index contributed by atoms with van der Waals surface area (Å²) in [6.07, 6.45) is 5.93. The van der Waals surface area contributed by atoms with Crippen molar-refractivity contribution in [1.29, 1.82) is 0 Å². The van der Waals surface area contributed by atoms with Gasteiger partial charge in [-0.3, -0.25) is 4.98 Å². The van der Waals surface area contributed by atoms with Crippen molar-refractivity contribution in [2.75, 3.05) is 12.3 Å². The van der Waals surface area contributed by atoms with Crippen LogP contribution in [0, 0.1) is 6.92 Å². The highest BCUT2D eigenvalue weighted by Gasteiger charge is 2.10. The molecule has 1 aromatic rings. The minimum atomic E-state index is 0.697. The molecule has 1 aliphatic rings. The highest BCUT2D eigenvalue weighted by Crippen LogP contribution is 2.23. The van der Waals surface area contributed by atoms with Crippen LogP contribution in [0.25, 0.3) is 5.76 Å². The lowest BCUT2D eigenvalue weighted by Crippen LogP contribution is -2.04. The van der Waals surface area contributed by atoms with Gasteiger partial charge in [-0.2, -0.15) is 0 Å². The number of nitrogens with two attached hydrogens (primary N) is 1. The summed E-state index contributed by atoms with van der Waals surface area (Å²) in [5, 5.41) is 0. The van der Waals surface area contributed by atoms with E-state index < -0.39 is 0 Å². The summed E-state index contributed by atoms with van der Waals surface area (Å²) in [6.45, 7) is 2.79. The predicted octanol–water partition coefficient (Wildman–Crippen LogP) is 2.12. The van der Waals surface area contributed by atoms with Crippen LogP contribution in [0.2, 0.25) is 0 Å². The van der Waals surface area contributed by atoms with Crippen LogP contribution in [0.1, 0.15) is 24.1 Å². The molecule has 3 heteroatoms. The Morgan fingerprint density at radius 3 is 3.00 bits per heavy atom. The zero-order valence-corrected chi connectivity index (χ0v) is 8.29. The van der Waals surface area contributed by atoms with Crippen LogP contribution in [-0.2, 0) is 4.74 Å². The number of hydrogen-bond donors (Lipinski definition) is 1. The first-order valence-electron chi connectivity index (χ1n) is 4.83. The quantitative estimate of drug-likeness (QED) is 0.738. The SMILES string of the molecule is Cc1cc(N)cnc1C1=CCCCO1. The van der Waals surface area contributed by atoms with E-state index in [0.717, 1.165) is 36.5 Å². The molecule has 1 aliphatic heterocycles. The second-order valence-corrected chi connectivity index (χ2v) is 3.49. The standard InChI is InChI=1S/C11H14N2O/c1-8-6-9(12)7-13-11(8)10-4-2-3-5-14-10/h4,6-7H,2-3,5,12H2,1H3. The zero-order chi connectivity index (χ0) is 9.97. The van der Waals surface area contributed by atoms with E-state index in [4.69, 9.17) is 10.5 Å². The summed E-state index contributed by atoms with van der Waals surface area (Å²) in [5.74, 6) is 0.897. The van der Waals surface area contributed by atoms with Crippen LogP contribution in [0.5, 0.6) is 0 Å². The van der Waals surface area contributed by atoms with E-state index >= 15 is 0 Å². The number of aryl methyl sites for hydroxylation is 1. The van der Waals surface area contributed by atoms with E-state index in [9.17, 15) is 0 Å². The Morgan fingerprint density at radius 1 is 1.50 bits per heavy atom. The Morgan fingerprint density at radius 2 is 2.36 bits per heavy atom. The number of nitrogen functional groups attached to an aromatic ring is 1. The fourth-order valence-electron chi connectivity index (χ4n) is 1.58. The lowest BCUT2D eigenvalue weighted by molar-refractivity contribution is 0.257. The van der Waals surface area contributed by atoms with Gasteiger partial charge in [-0.05, 0) is 37.5 Å². The number of aromatic nitrogens is 1. The van der Waals surface area contributed by atoms with Crippen molar-refractivity contribution in [3.05, 3.63) is 29.6 Å². The minimum Gasteiger partial charge on any atom is -0.492 e. The third-order valence-corrected chi connectivity index (χ3v) is 2.27. The van der Waals surface area contributed by atoms with E-state index in [2.05, 4.69) is 11.1 Å². The Hall–Kier alpha value is -1.51. The molecule has 74 valence electrons. The van der Waals surface area contributed by atoms with E-state index in [1.165, 1.54) is 0 Å². The molecule has 0 fully saturated rings. The second-order valence-electron chi connectivity index (χ2n) is 3.49. The van der Waals surface area contributed by atoms with Gasteiger partial charge in [0, 0.05) is 0 Å². The van der Waals surface area contributed by atoms with Gasteiger partial charge < -0.3 is 10.5 Å². The minimum absolute atomic E-state index is 0.697. The number of anilines is 1. The van der Waals surface area contributed by atoms with E-state index in [0.29, 0.717) is 5.69 Å². The fourth-order valence-corrected chi connectivity index (χ4v) is 1.58. The van der Waals surface area contributed by atoms with Gasteiger partial charge in [0.15, 0.2) is 0 Å².